The third-order valence-electron chi connectivity index (χ3n) is 1.87. The molecular weight excluding hydrogens is 168 g/mol. The quantitative estimate of drug-likeness (QED) is 0.709. The monoisotopic (exact) mass is 180 g/mol. The maximum atomic E-state index is 10.2. The Morgan fingerprint density at radius 1 is 1.38 bits per heavy atom. The van der Waals surface area contributed by atoms with Gasteiger partial charge in [-0.25, -0.2) is 0 Å². The van der Waals surface area contributed by atoms with Gasteiger partial charge in [0.05, 0.1) is 0 Å². The minimum absolute atomic E-state index is 0.0794. The van der Waals surface area contributed by atoms with Crippen LogP contribution in [0.4, 0.5) is 11.4 Å². The highest BCUT2D eigenvalue weighted by atomic mass is 16.3. The van der Waals surface area contributed by atoms with Crippen molar-refractivity contribution in [3.05, 3.63) is 22.6 Å². The summed E-state index contributed by atoms with van der Waals surface area (Å²) in [6, 6.07) is 3.10. The van der Waals surface area contributed by atoms with Crippen LogP contribution in [0.2, 0.25) is 0 Å². The Morgan fingerprint density at radius 3 is 2.46 bits per heavy atom. The third kappa shape index (κ3) is 1.77. The summed E-state index contributed by atoms with van der Waals surface area (Å²) < 4.78 is 0. The number of nitroso groups, excluding NO2 is 1. The lowest BCUT2D eigenvalue weighted by Gasteiger charge is -2.15. The molecule has 0 atom stereocenters. The molecule has 0 radical (unpaired) electrons. The summed E-state index contributed by atoms with van der Waals surface area (Å²) in [6.07, 6.45) is 0. The zero-order chi connectivity index (χ0) is 10.0. The van der Waals surface area contributed by atoms with Gasteiger partial charge in [0.2, 0.25) is 0 Å². The fourth-order valence-corrected chi connectivity index (χ4v) is 1.23. The van der Waals surface area contributed by atoms with Gasteiger partial charge in [0.15, 0.2) is 0 Å². The molecular formula is C9H12N2O2. The van der Waals surface area contributed by atoms with Gasteiger partial charge in [-0.2, -0.15) is 0 Å². The van der Waals surface area contributed by atoms with E-state index >= 15 is 0 Å². The van der Waals surface area contributed by atoms with Crippen molar-refractivity contribution >= 4 is 11.4 Å². The van der Waals surface area contributed by atoms with Crippen molar-refractivity contribution in [2.24, 2.45) is 5.18 Å². The summed E-state index contributed by atoms with van der Waals surface area (Å²) in [4.78, 5) is 12.1. The minimum atomic E-state index is -0.0794. The summed E-state index contributed by atoms with van der Waals surface area (Å²) in [5, 5.41) is 12.1. The van der Waals surface area contributed by atoms with Crippen molar-refractivity contribution in [3.63, 3.8) is 0 Å². The van der Waals surface area contributed by atoms with Gasteiger partial charge in [-0.15, -0.1) is 4.91 Å². The average molecular weight is 180 g/mol. The summed E-state index contributed by atoms with van der Waals surface area (Å²) in [6.45, 7) is 1.86. The van der Waals surface area contributed by atoms with Gasteiger partial charge >= 0.3 is 0 Å². The first-order chi connectivity index (χ1) is 6.06. The molecule has 1 aromatic carbocycles. The van der Waals surface area contributed by atoms with Crippen LogP contribution in [0.5, 0.6) is 5.75 Å². The second-order valence-corrected chi connectivity index (χ2v) is 3.11. The van der Waals surface area contributed by atoms with E-state index < -0.39 is 0 Å². The predicted molar refractivity (Wildman–Crippen MR) is 52.6 cm³/mol. The van der Waals surface area contributed by atoms with Gasteiger partial charge in [-0.1, -0.05) is 0 Å². The Hall–Kier alpha value is -1.58. The number of hydrogen-bond donors (Lipinski definition) is 1. The van der Waals surface area contributed by atoms with Crippen LogP contribution in [0.1, 0.15) is 5.56 Å². The maximum absolute atomic E-state index is 10.2. The van der Waals surface area contributed by atoms with Crippen LogP contribution in [-0.2, 0) is 0 Å². The van der Waals surface area contributed by atoms with Crippen LogP contribution in [0.15, 0.2) is 17.3 Å². The molecule has 4 nitrogen and oxygen atoms in total. The SMILES string of the molecule is Cc1cc(N=O)c(O)cc1N(C)C. The summed E-state index contributed by atoms with van der Waals surface area (Å²) >= 11 is 0. The Morgan fingerprint density at radius 2 is 2.00 bits per heavy atom. The molecule has 4 heteroatoms. The van der Waals surface area contributed by atoms with Crippen LogP contribution >= 0.6 is 0 Å². The number of benzene rings is 1. The molecule has 0 aliphatic rings. The molecule has 0 fully saturated rings. The molecule has 1 aromatic rings. The average Bonchev–Trinajstić information content (AvgIpc) is 2.07. The molecule has 70 valence electrons. The van der Waals surface area contributed by atoms with Gasteiger partial charge < -0.3 is 10.0 Å². The Balaban J connectivity index is 3.28. The number of hydrogen-bond acceptors (Lipinski definition) is 4. The van der Waals surface area contributed by atoms with Gasteiger partial charge in [-0.05, 0) is 23.7 Å². The van der Waals surface area contributed by atoms with Crippen molar-refractivity contribution in [2.45, 2.75) is 6.92 Å². The van der Waals surface area contributed by atoms with Crippen LogP contribution in [0, 0.1) is 11.8 Å². The molecule has 13 heavy (non-hydrogen) atoms. The fourth-order valence-electron chi connectivity index (χ4n) is 1.23. The summed E-state index contributed by atoms with van der Waals surface area (Å²) in [5.41, 5.74) is 1.88. The zero-order valence-electron chi connectivity index (χ0n) is 7.90. The van der Waals surface area contributed by atoms with E-state index in [1.54, 1.807) is 6.07 Å². The van der Waals surface area contributed by atoms with Crippen LogP contribution in [-0.4, -0.2) is 19.2 Å². The number of phenolic OH excluding ortho intramolecular Hbond substituents is 1. The largest absolute Gasteiger partial charge is 0.505 e. The topological polar surface area (TPSA) is 52.9 Å². The van der Waals surface area contributed by atoms with Crippen LogP contribution in [0.3, 0.4) is 0 Å². The minimum Gasteiger partial charge on any atom is -0.505 e. The first-order valence-electron chi connectivity index (χ1n) is 3.90. The van der Waals surface area contributed by atoms with Crippen molar-refractivity contribution < 1.29 is 5.11 Å². The number of nitrogens with zero attached hydrogens (tertiary/aromatic N) is 2. The summed E-state index contributed by atoms with van der Waals surface area (Å²) in [7, 11) is 3.74. The second-order valence-electron chi connectivity index (χ2n) is 3.11. The molecule has 0 heterocycles. The molecule has 0 aliphatic carbocycles. The van der Waals surface area contributed by atoms with E-state index in [-0.39, 0.29) is 11.4 Å². The second kappa shape index (κ2) is 3.43. The van der Waals surface area contributed by atoms with Crippen molar-refractivity contribution in [1.29, 1.82) is 0 Å². The van der Waals surface area contributed by atoms with Crippen LogP contribution < -0.4 is 4.90 Å². The highest BCUT2D eigenvalue weighted by Gasteiger charge is 2.07. The van der Waals surface area contributed by atoms with E-state index in [4.69, 9.17) is 0 Å². The third-order valence-corrected chi connectivity index (χ3v) is 1.87. The molecule has 1 rings (SSSR count). The number of rotatable bonds is 2. The molecule has 0 amide bonds. The van der Waals surface area contributed by atoms with Crippen molar-refractivity contribution in [2.75, 3.05) is 19.0 Å². The lowest BCUT2D eigenvalue weighted by atomic mass is 10.1. The van der Waals surface area contributed by atoms with E-state index in [1.165, 1.54) is 6.07 Å². The molecule has 1 N–H and O–H groups in total. The van der Waals surface area contributed by atoms with Crippen LogP contribution in [0.25, 0.3) is 0 Å². The highest BCUT2D eigenvalue weighted by Crippen LogP contribution is 2.33. The highest BCUT2D eigenvalue weighted by molar-refractivity contribution is 5.65. The first kappa shape index (κ1) is 9.51. The Labute approximate surface area is 76.8 Å². The van der Waals surface area contributed by atoms with Crippen molar-refractivity contribution in [1.82, 2.24) is 0 Å². The number of phenols is 1. The standard InChI is InChI=1S/C9H12N2O2/c1-6-4-7(10-13)9(12)5-8(6)11(2)3/h4-5,12H,1-3H3. The lowest BCUT2D eigenvalue weighted by molar-refractivity contribution is 0.476. The smallest absolute Gasteiger partial charge is 0.150 e. The van der Waals surface area contributed by atoms with Gasteiger partial charge in [-0.3, -0.25) is 0 Å². The summed E-state index contributed by atoms with van der Waals surface area (Å²) in [5.74, 6) is -0.0794. The molecule has 0 aromatic heterocycles. The van der Waals surface area contributed by atoms with Gasteiger partial charge in [0.1, 0.15) is 11.4 Å². The predicted octanol–water partition coefficient (Wildman–Crippen LogP) is 2.16. The normalized spacial score (nSPS) is 9.77. The van der Waals surface area contributed by atoms with Gasteiger partial charge in [0, 0.05) is 25.8 Å². The molecule has 0 spiro atoms. The molecule has 0 bridgehead atoms. The van der Waals surface area contributed by atoms with E-state index in [9.17, 15) is 10.0 Å². The van der Waals surface area contributed by atoms with Gasteiger partial charge in [0.25, 0.3) is 0 Å². The molecule has 0 saturated carbocycles. The first-order valence-corrected chi connectivity index (χ1v) is 3.90. The molecule has 0 aliphatic heterocycles. The van der Waals surface area contributed by atoms with E-state index in [2.05, 4.69) is 5.18 Å². The molecule has 0 unspecified atom stereocenters. The van der Waals surface area contributed by atoms with E-state index in [0.717, 1.165) is 11.3 Å². The van der Waals surface area contributed by atoms with E-state index in [0.29, 0.717) is 0 Å². The number of aryl methyl sites for hydroxylation is 1. The Bertz CT molecular complexity index is 335. The Kier molecular flexibility index (Phi) is 2.51. The van der Waals surface area contributed by atoms with E-state index in [1.807, 2.05) is 25.9 Å². The van der Waals surface area contributed by atoms with Crippen molar-refractivity contribution in [3.8, 4) is 5.75 Å². The maximum Gasteiger partial charge on any atom is 0.150 e. The number of anilines is 1. The molecule has 0 saturated heterocycles. The fraction of sp³-hybridized carbons (Fsp3) is 0.333. The number of aromatic hydroxyl groups is 1. The zero-order valence-corrected chi connectivity index (χ0v) is 7.90. The lowest BCUT2D eigenvalue weighted by Crippen LogP contribution is -2.09.